The van der Waals surface area contributed by atoms with Crippen LogP contribution in [0.4, 0.5) is 0 Å². The lowest BCUT2D eigenvalue weighted by atomic mass is 10.4. The molecule has 0 saturated carbocycles. The normalized spacial score (nSPS) is 11.5. The van der Waals surface area contributed by atoms with Crippen molar-refractivity contribution in [1.82, 2.24) is 9.55 Å². The largest absolute Gasteiger partial charge is 0.489 e. The van der Waals surface area contributed by atoms with Gasteiger partial charge >= 0.3 is 0 Å². The summed E-state index contributed by atoms with van der Waals surface area (Å²) in [5, 5.41) is -0.0000651. The summed E-state index contributed by atoms with van der Waals surface area (Å²) in [4.78, 5) is 15.6. The molecule has 0 aromatic carbocycles. The van der Waals surface area contributed by atoms with Crippen LogP contribution in [0.1, 0.15) is 13.3 Å². The molecule has 0 fully saturated rings. The first-order valence-electron chi connectivity index (χ1n) is 5.40. The zero-order valence-electron chi connectivity index (χ0n) is 10.2. The number of aromatic nitrogens is 2. The highest BCUT2D eigenvalue weighted by atomic mass is 35.5. The molecule has 8 heteroatoms. The zero-order chi connectivity index (χ0) is 13.8. The monoisotopic (exact) mass is 294 g/mol. The summed E-state index contributed by atoms with van der Waals surface area (Å²) in [7, 11) is -1.69. The van der Waals surface area contributed by atoms with Crippen molar-refractivity contribution in [2.45, 2.75) is 19.9 Å². The van der Waals surface area contributed by atoms with Crippen LogP contribution in [0.2, 0.25) is 5.15 Å². The molecule has 102 valence electrons. The smallest absolute Gasteiger partial charge is 0.297 e. The van der Waals surface area contributed by atoms with E-state index in [1.807, 2.05) is 0 Å². The lowest BCUT2D eigenvalue weighted by molar-refractivity contribution is 0.399. The summed E-state index contributed by atoms with van der Waals surface area (Å²) in [5.74, 6) is 0.114. The Balaban J connectivity index is 2.78. The minimum atomic E-state index is -3.02. The molecule has 0 aliphatic carbocycles. The quantitative estimate of drug-likeness (QED) is 0.723. The number of ether oxygens (including phenoxy) is 1. The van der Waals surface area contributed by atoms with Gasteiger partial charge in [-0.05, 0) is 6.42 Å². The molecule has 1 rings (SSSR count). The fourth-order valence-corrected chi connectivity index (χ4v) is 2.44. The van der Waals surface area contributed by atoms with E-state index in [4.69, 9.17) is 16.3 Å². The van der Waals surface area contributed by atoms with Crippen LogP contribution in [0.5, 0.6) is 5.75 Å². The zero-order valence-corrected chi connectivity index (χ0v) is 11.8. The number of nitrogens with zero attached hydrogens (tertiary/aromatic N) is 2. The van der Waals surface area contributed by atoms with E-state index in [9.17, 15) is 13.2 Å². The van der Waals surface area contributed by atoms with E-state index in [1.165, 1.54) is 18.0 Å². The summed E-state index contributed by atoms with van der Waals surface area (Å²) in [6, 6.07) is 0. The minimum Gasteiger partial charge on any atom is -0.489 e. The molecule has 0 spiro atoms. The van der Waals surface area contributed by atoms with E-state index < -0.39 is 15.4 Å². The van der Waals surface area contributed by atoms with E-state index in [0.29, 0.717) is 6.42 Å². The van der Waals surface area contributed by atoms with Crippen molar-refractivity contribution in [3.05, 3.63) is 21.8 Å². The van der Waals surface area contributed by atoms with Crippen molar-refractivity contribution in [2.24, 2.45) is 0 Å². The number of rotatable bonds is 6. The Hall–Kier alpha value is -1.08. The molecule has 0 aliphatic heterocycles. The van der Waals surface area contributed by atoms with Gasteiger partial charge in [0.15, 0.2) is 5.15 Å². The van der Waals surface area contributed by atoms with Crippen molar-refractivity contribution in [1.29, 1.82) is 0 Å². The molecule has 0 radical (unpaired) electrons. The topological polar surface area (TPSA) is 78.3 Å². The number of hydrogen-bond acceptors (Lipinski definition) is 5. The highest BCUT2D eigenvalue weighted by Gasteiger charge is 2.11. The number of hydrogen-bond donors (Lipinski definition) is 0. The third kappa shape index (κ3) is 3.71. The summed E-state index contributed by atoms with van der Waals surface area (Å²) < 4.78 is 28.7. The maximum absolute atomic E-state index is 11.8. The van der Waals surface area contributed by atoms with Gasteiger partial charge in [0.2, 0.25) is 5.75 Å². The van der Waals surface area contributed by atoms with Gasteiger partial charge in [0.1, 0.15) is 9.84 Å². The lowest BCUT2D eigenvalue weighted by Gasteiger charge is -2.07. The fourth-order valence-electron chi connectivity index (χ4n) is 1.38. The summed E-state index contributed by atoms with van der Waals surface area (Å²) >= 11 is 5.69. The third-order valence-corrected chi connectivity index (χ3v) is 4.51. The minimum absolute atomic E-state index is 0.0000651. The second kappa shape index (κ2) is 6.19. The van der Waals surface area contributed by atoms with Gasteiger partial charge in [0, 0.05) is 12.3 Å². The van der Waals surface area contributed by atoms with Gasteiger partial charge in [-0.2, -0.15) is 0 Å². The van der Waals surface area contributed by atoms with Crippen molar-refractivity contribution >= 4 is 21.4 Å². The maximum atomic E-state index is 11.8. The molecule has 0 bridgehead atoms. The third-order valence-electron chi connectivity index (χ3n) is 2.45. The first kappa shape index (κ1) is 15.0. The van der Waals surface area contributed by atoms with Gasteiger partial charge in [-0.3, -0.25) is 9.36 Å². The molecule has 18 heavy (non-hydrogen) atoms. The van der Waals surface area contributed by atoms with Crippen LogP contribution in [0.15, 0.2) is 11.1 Å². The van der Waals surface area contributed by atoms with Crippen LogP contribution in [0.25, 0.3) is 0 Å². The van der Waals surface area contributed by atoms with Crippen LogP contribution < -0.4 is 10.3 Å². The van der Waals surface area contributed by atoms with Gasteiger partial charge in [0.25, 0.3) is 5.56 Å². The lowest BCUT2D eigenvalue weighted by Crippen LogP contribution is -2.23. The summed E-state index contributed by atoms with van der Waals surface area (Å²) in [5.41, 5.74) is -0.411. The van der Waals surface area contributed by atoms with Crippen molar-refractivity contribution in [3.8, 4) is 5.75 Å². The number of aryl methyl sites for hydroxylation is 1. The Bertz CT molecular complexity index is 568. The number of halogens is 1. The average Bonchev–Trinajstić information content (AvgIpc) is 2.33. The van der Waals surface area contributed by atoms with Gasteiger partial charge in [-0.25, -0.2) is 13.4 Å². The molecule has 0 N–H and O–H groups in total. The second-order valence-corrected chi connectivity index (χ2v) is 6.49. The van der Waals surface area contributed by atoms with Crippen molar-refractivity contribution < 1.29 is 13.2 Å². The predicted molar refractivity (Wildman–Crippen MR) is 69.0 cm³/mol. The van der Waals surface area contributed by atoms with E-state index in [-0.39, 0.29) is 29.0 Å². The highest BCUT2D eigenvalue weighted by molar-refractivity contribution is 7.91. The Labute approximate surface area is 110 Å². The Kier molecular flexibility index (Phi) is 5.15. The van der Waals surface area contributed by atoms with Crippen LogP contribution in [-0.4, -0.2) is 36.6 Å². The van der Waals surface area contributed by atoms with Crippen LogP contribution in [0.3, 0.4) is 0 Å². The molecule has 0 atom stereocenters. The first-order chi connectivity index (χ1) is 8.41. The molecule has 0 saturated heterocycles. The predicted octanol–water partition coefficient (Wildman–Crippen LogP) is 0.730. The molecule has 0 aliphatic rings. The molecule has 1 heterocycles. The Morgan fingerprint density at radius 3 is 2.72 bits per heavy atom. The standard InChI is InChI=1S/C10H15ClN2O4S/c1-3-18(15,16)6-4-5-13-7-12-9(11)8(17-2)10(13)14/h7H,3-6H2,1-2H3. The maximum Gasteiger partial charge on any atom is 0.297 e. The van der Waals surface area contributed by atoms with Gasteiger partial charge in [-0.15, -0.1) is 0 Å². The van der Waals surface area contributed by atoms with Gasteiger partial charge in [0.05, 0.1) is 19.2 Å². The average molecular weight is 295 g/mol. The second-order valence-electron chi connectivity index (χ2n) is 3.66. The fraction of sp³-hybridized carbons (Fsp3) is 0.600. The van der Waals surface area contributed by atoms with Crippen molar-refractivity contribution in [2.75, 3.05) is 18.6 Å². The molecule has 0 amide bonds. The summed E-state index contributed by atoms with van der Waals surface area (Å²) in [6.45, 7) is 1.85. The van der Waals surface area contributed by atoms with Crippen LogP contribution in [-0.2, 0) is 16.4 Å². The van der Waals surface area contributed by atoms with Gasteiger partial charge < -0.3 is 4.74 Å². The summed E-state index contributed by atoms with van der Waals surface area (Å²) in [6.07, 6.45) is 1.63. The van der Waals surface area contributed by atoms with E-state index in [1.54, 1.807) is 6.92 Å². The van der Waals surface area contributed by atoms with E-state index in [2.05, 4.69) is 4.98 Å². The molecule has 1 aromatic rings. The van der Waals surface area contributed by atoms with Crippen molar-refractivity contribution in [3.63, 3.8) is 0 Å². The molecule has 0 unspecified atom stereocenters. The molecular formula is C10H15ClN2O4S. The van der Waals surface area contributed by atoms with Crippen LogP contribution in [0, 0.1) is 0 Å². The SMILES string of the molecule is CCS(=O)(=O)CCCn1cnc(Cl)c(OC)c1=O. The van der Waals surface area contributed by atoms with Crippen LogP contribution >= 0.6 is 11.6 Å². The van der Waals surface area contributed by atoms with E-state index in [0.717, 1.165) is 0 Å². The van der Waals surface area contributed by atoms with Gasteiger partial charge in [-0.1, -0.05) is 18.5 Å². The molecular weight excluding hydrogens is 280 g/mol. The Morgan fingerprint density at radius 1 is 1.50 bits per heavy atom. The Morgan fingerprint density at radius 2 is 2.17 bits per heavy atom. The van der Waals surface area contributed by atoms with E-state index >= 15 is 0 Å². The molecule has 6 nitrogen and oxygen atoms in total. The number of sulfone groups is 1. The first-order valence-corrected chi connectivity index (χ1v) is 7.60. The number of methoxy groups -OCH3 is 1. The highest BCUT2D eigenvalue weighted by Crippen LogP contribution is 2.14. The molecule has 1 aromatic heterocycles.